The molecule has 10 nitrogen and oxygen atoms in total. The van der Waals surface area contributed by atoms with Crippen molar-refractivity contribution >= 4 is 22.1 Å². The van der Waals surface area contributed by atoms with Crippen molar-refractivity contribution in [1.82, 2.24) is 28.9 Å². The van der Waals surface area contributed by atoms with Crippen LogP contribution in [0.4, 0.5) is 0 Å². The van der Waals surface area contributed by atoms with Crippen LogP contribution >= 0.6 is 0 Å². The van der Waals surface area contributed by atoms with E-state index in [1.807, 2.05) is 6.07 Å². The van der Waals surface area contributed by atoms with Gasteiger partial charge in [0.15, 0.2) is 0 Å². The first kappa shape index (κ1) is 38.5. The maximum Gasteiger partial charge on any atom is 0.125 e. The molecule has 0 radical (unpaired) electrons. The minimum absolute atomic E-state index is 0.627. The Morgan fingerprint density at radius 3 is 1.40 bits per heavy atom. The van der Waals surface area contributed by atoms with Gasteiger partial charge < -0.3 is 28.1 Å². The van der Waals surface area contributed by atoms with E-state index in [9.17, 15) is 0 Å². The lowest BCUT2D eigenvalue weighted by molar-refractivity contribution is 0.0325. The van der Waals surface area contributed by atoms with Crippen LogP contribution in [0.5, 0.6) is 11.5 Å². The molecule has 290 valence electrons. The highest BCUT2D eigenvalue weighted by Gasteiger charge is 2.18. The first-order valence-electron chi connectivity index (χ1n) is 19.8. The molecule has 0 spiro atoms. The maximum atomic E-state index is 6.15. The monoisotopic (exact) mass is 744 g/mol. The van der Waals surface area contributed by atoms with E-state index in [-0.39, 0.29) is 0 Å². The van der Waals surface area contributed by atoms with E-state index in [1.54, 1.807) is 0 Å². The Morgan fingerprint density at radius 2 is 0.927 bits per heavy atom. The Kier molecular flexibility index (Phi) is 13.1. The summed E-state index contributed by atoms with van der Waals surface area (Å²) >= 11 is 0. The van der Waals surface area contributed by atoms with E-state index >= 15 is 0 Å². The quantitative estimate of drug-likeness (QED) is 0.113. The molecule has 0 aliphatic carbocycles. The van der Waals surface area contributed by atoms with Gasteiger partial charge in [0.1, 0.15) is 29.8 Å². The summed E-state index contributed by atoms with van der Waals surface area (Å²) in [6.07, 6.45) is 0.949. The predicted molar refractivity (Wildman–Crippen MR) is 219 cm³/mol. The van der Waals surface area contributed by atoms with Crippen molar-refractivity contribution in [3.63, 3.8) is 0 Å². The normalized spacial score (nSPS) is 15.3. The summed E-state index contributed by atoms with van der Waals surface area (Å²) < 4.78 is 27.9. The molecule has 2 aliphatic heterocycles. The van der Waals surface area contributed by atoms with E-state index in [2.05, 4.69) is 125 Å². The number of aromatic nitrogens is 4. The van der Waals surface area contributed by atoms with Crippen molar-refractivity contribution in [3.8, 4) is 11.5 Å². The summed E-state index contributed by atoms with van der Waals surface area (Å²) in [5, 5.41) is 0. The third-order valence-corrected chi connectivity index (χ3v) is 10.6. The van der Waals surface area contributed by atoms with Crippen molar-refractivity contribution < 1.29 is 18.9 Å². The van der Waals surface area contributed by atoms with E-state index < -0.39 is 0 Å². The number of fused-ring (bicyclic) bond motifs is 2. The second kappa shape index (κ2) is 18.7. The summed E-state index contributed by atoms with van der Waals surface area (Å²) in [5.41, 5.74) is 9.25. The van der Waals surface area contributed by atoms with Crippen LogP contribution in [0.3, 0.4) is 0 Å². The third kappa shape index (κ3) is 9.74. The second-order valence-corrected chi connectivity index (χ2v) is 14.6. The molecule has 0 bridgehead atoms. The molecule has 6 aromatic rings. The van der Waals surface area contributed by atoms with Gasteiger partial charge in [0, 0.05) is 32.7 Å². The minimum Gasteiger partial charge on any atom is -0.493 e. The minimum atomic E-state index is 0.627. The molecule has 0 atom stereocenters. The SMILES string of the molecule is Cc1cccc(C)c1OCCCn1c(CN2CCOCC2)nc2ccccc21.Cc1cccc(C)c1OCCn1c(CN2CCOCC2)nc2ccccc21. The number of morpholine rings is 2. The molecule has 2 saturated heterocycles. The van der Waals surface area contributed by atoms with Crippen LogP contribution in [-0.2, 0) is 35.7 Å². The van der Waals surface area contributed by atoms with Crippen LogP contribution in [0.25, 0.3) is 22.1 Å². The van der Waals surface area contributed by atoms with Gasteiger partial charge in [-0.25, -0.2) is 9.97 Å². The standard InChI is InChI=1S/C23H29N3O2.C22H27N3O2/c1-18-7-5-8-19(2)23(18)28-14-6-11-26-21-10-4-3-9-20(21)24-22(26)17-25-12-15-27-16-13-25;1-17-6-5-7-18(2)22(17)27-15-12-25-20-9-4-3-8-19(20)23-21(25)16-24-10-13-26-14-11-24/h3-5,7-10H,6,11-17H2,1-2H3;3-9H,10-16H2,1-2H3. The third-order valence-electron chi connectivity index (χ3n) is 10.6. The summed E-state index contributed by atoms with van der Waals surface area (Å²) in [4.78, 5) is 14.6. The van der Waals surface area contributed by atoms with Gasteiger partial charge in [0.2, 0.25) is 0 Å². The number of nitrogens with zero attached hydrogens (tertiary/aromatic N) is 6. The number of para-hydroxylation sites is 6. The number of benzene rings is 4. The Balaban J connectivity index is 0.000000169. The number of rotatable bonds is 13. The molecule has 55 heavy (non-hydrogen) atoms. The maximum absolute atomic E-state index is 6.15. The molecule has 0 saturated carbocycles. The highest BCUT2D eigenvalue weighted by atomic mass is 16.5. The molecule has 4 aromatic carbocycles. The Bertz CT molecular complexity index is 2110. The number of aryl methyl sites for hydroxylation is 5. The van der Waals surface area contributed by atoms with Gasteiger partial charge in [-0.1, -0.05) is 60.7 Å². The number of hydrogen-bond acceptors (Lipinski definition) is 8. The molecule has 2 fully saturated rings. The average molecular weight is 745 g/mol. The number of ether oxygens (including phenoxy) is 4. The molecule has 2 aliphatic rings. The summed E-state index contributed by atoms with van der Waals surface area (Å²) in [6, 6.07) is 29.3. The van der Waals surface area contributed by atoms with E-state index in [4.69, 9.17) is 28.9 Å². The van der Waals surface area contributed by atoms with Crippen LogP contribution < -0.4 is 9.47 Å². The van der Waals surface area contributed by atoms with Gasteiger partial charge in [-0.15, -0.1) is 0 Å². The fourth-order valence-electron chi connectivity index (χ4n) is 7.60. The molecule has 2 aromatic heterocycles. The van der Waals surface area contributed by atoms with Crippen molar-refractivity contribution in [2.75, 3.05) is 65.8 Å². The predicted octanol–water partition coefficient (Wildman–Crippen LogP) is 7.52. The van der Waals surface area contributed by atoms with Gasteiger partial charge in [0.25, 0.3) is 0 Å². The first-order chi connectivity index (χ1) is 26.9. The molecule has 0 unspecified atom stereocenters. The lowest BCUT2D eigenvalue weighted by atomic mass is 10.1. The zero-order chi connectivity index (χ0) is 38.0. The van der Waals surface area contributed by atoms with Crippen molar-refractivity contribution in [2.24, 2.45) is 0 Å². The molecular weight excluding hydrogens is 689 g/mol. The van der Waals surface area contributed by atoms with Gasteiger partial charge in [-0.2, -0.15) is 0 Å². The Hall–Kier alpha value is -4.74. The Morgan fingerprint density at radius 1 is 0.509 bits per heavy atom. The average Bonchev–Trinajstić information content (AvgIpc) is 3.73. The van der Waals surface area contributed by atoms with E-state index in [1.165, 1.54) is 33.3 Å². The molecule has 10 heteroatoms. The van der Waals surface area contributed by atoms with E-state index in [0.717, 1.165) is 119 Å². The highest BCUT2D eigenvalue weighted by molar-refractivity contribution is 5.76. The van der Waals surface area contributed by atoms with E-state index in [0.29, 0.717) is 13.2 Å². The molecule has 0 amide bonds. The zero-order valence-corrected chi connectivity index (χ0v) is 33.0. The topological polar surface area (TPSA) is 79.0 Å². The smallest absolute Gasteiger partial charge is 0.125 e. The molecule has 0 N–H and O–H groups in total. The van der Waals surface area contributed by atoms with Crippen LogP contribution in [0.15, 0.2) is 84.9 Å². The van der Waals surface area contributed by atoms with Gasteiger partial charge in [0.05, 0.1) is 74.7 Å². The Labute approximate surface area is 325 Å². The van der Waals surface area contributed by atoms with Gasteiger partial charge >= 0.3 is 0 Å². The summed E-state index contributed by atoms with van der Waals surface area (Å²) in [7, 11) is 0. The molecular formula is C45H56N6O4. The van der Waals surface area contributed by atoms with Gasteiger partial charge in [-0.3, -0.25) is 9.80 Å². The largest absolute Gasteiger partial charge is 0.493 e. The number of hydrogen-bond donors (Lipinski definition) is 0. The molecule has 8 rings (SSSR count). The van der Waals surface area contributed by atoms with Crippen LogP contribution in [-0.4, -0.2) is 94.7 Å². The lowest BCUT2D eigenvalue weighted by Gasteiger charge is -2.26. The summed E-state index contributed by atoms with van der Waals surface area (Å²) in [6.45, 7) is 20.2. The van der Waals surface area contributed by atoms with Crippen molar-refractivity contribution in [2.45, 2.75) is 60.3 Å². The lowest BCUT2D eigenvalue weighted by Crippen LogP contribution is -2.36. The second-order valence-electron chi connectivity index (χ2n) is 14.6. The zero-order valence-electron chi connectivity index (χ0n) is 33.0. The highest BCUT2D eigenvalue weighted by Crippen LogP contribution is 2.25. The first-order valence-corrected chi connectivity index (χ1v) is 19.8. The van der Waals surface area contributed by atoms with Gasteiger partial charge in [-0.05, 0) is 80.6 Å². The van der Waals surface area contributed by atoms with Crippen LogP contribution in [0.2, 0.25) is 0 Å². The fourth-order valence-corrected chi connectivity index (χ4v) is 7.60. The fraction of sp³-hybridized carbons (Fsp3) is 0.422. The van der Waals surface area contributed by atoms with Crippen molar-refractivity contribution in [1.29, 1.82) is 0 Å². The number of imidazole rings is 2. The van der Waals surface area contributed by atoms with Crippen molar-refractivity contribution in [3.05, 3.63) is 119 Å². The summed E-state index contributed by atoms with van der Waals surface area (Å²) in [5.74, 6) is 4.25. The van der Waals surface area contributed by atoms with Crippen LogP contribution in [0.1, 0.15) is 40.3 Å². The van der Waals surface area contributed by atoms with Crippen LogP contribution in [0, 0.1) is 27.7 Å². The molecule has 4 heterocycles.